The molecule has 0 unspecified atom stereocenters. The second-order valence-corrected chi connectivity index (χ2v) is 8.69. The molecule has 0 spiro atoms. The summed E-state index contributed by atoms with van der Waals surface area (Å²) in [5.74, 6) is 0. The molecule has 0 aromatic heterocycles. The van der Waals surface area contributed by atoms with Gasteiger partial charge >= 0.3 is 0 Å². The first-order valence-electron chi connectivity index (χ1n) is 9.18. The lowest BCUT2D eigenvalue weighted by Gasteiger charge is -2.15. The van der Waals surface area contributed by atoms with Crippen molar-refractivity contribution < 1.29 is 0 Å². The van der Waals surface area contributed by atoms with E-state index in [0.29, 0.717) is 0 Å². The Morgan fingerprint density at radius 3 is 1.32 bits per heavy atom. The standard InChI is InChI=1S/C26H16Br2/c27-19-11-13-21-22-14-12-20(28)16-24(22)26(23(21)15-19)25(17-7-3-1-4-8-17)18-9-5-2-6-10-18/h1-16H. The maximum absolute atomic E-state index is 3.68. The van der Waals surface area contributed by atoms with Gasteiger partial charge in [-0.15, -0.1) is 0 Å². The molecule has 0 bridgehead atoms. The minimum Gasteiger partial charge on any atom is -0.0622 e. The molecule has 0 aliphatic heterocycles. The second kappa shape index (κ2) is 7.20. The number of rotatable bonds is 2. The van der Waals surface area contributed by atoms with Gasteiger partial charge in [0.1, 0.15) is 0 Å². The molecule has 0 atom stereocenters. The summed E-state index contributed by atoms with van der Waals surface area (Å²) >= 11 is 7.36. The van der Waals surface area contributed by atoms with Crippen molar-refractivity contribution in [2.45, 2.75) is 0 Å². The summed E-state index contributed by atoms with van der Waals surface area (Å²) < 4.78 is 2.19. The molecule has 0 saturated carbocycles. The van der Waals surface area contributed by atoms with Gasteiger partial charge in [0.25, 0.3) is 0 Å². The molecule has 4 aromatic rings. The Balaban J connectivity index is 1.94. The van der Waals surface area contributed by atoms with Crippen molar-refractivity contribution in [2.24, 2.45) is 0 Å². The van der Waals surface area contributed by atoms with Gasteiger partial charge in [0, 0.05) is 8.95 Å². The Morgan fingerprint density at radius 2 is 0.893 bits per heavy atom. The summed E-state index contributed by atoms with van der Waals surface area (Å²) in [5.41, 5.74) is 10.1. The van der Waals surface area contributed by atoms with Gasteiger partial charge < -0.3 is 0 Å². The van der Waals surface area contributed by atoms with E-state index in [2.05, 4.69) is 129 Å². The highest BCUT2D eigenvalue weighted by atomic mass is 79.9. The van der Waals surface area contributed by atoms with Crippen LogP contribution in [0.2, 0.25) is 0 Å². The van der Waals surface area contributed by atoms with Gasteiger partial charge in [-0.1, -0.05) is 105 Å². The van der Waals surface area contributed by atoms with E-state index < -0.39 is 0 Å². The van der Waals surface area contributed by atoms with Gasteiger partial charge in [0.05, 0.1) is 0 Å². The third-order valence-electron chi connectivity index (χ3n) is 5.17. The maximum atomic E-state index is 3.68. The van der Waals surface area contributed by atoms with E-state index in [1.807, 2.05) is 0 Å². The molecular formula is C26H16Br2. The first kappa shape index (κ1) is 17.7. The van der Waals surface area contributed by atoms with Gasteiger partial charge in [-0.05, 0) is 68.8 Å². The Morgan fingerprint density at radius 1 is 0.464 bits per heavy atom. The SMILES string of the molecule is Brc1ccc2c(c1)C(=C(c1ccccc1)c1ccccc1)c1cc(Br)ccc1-2. The van der Waals surface area contributed by atoms with Crippen molar-refractivity contribution in [3.05, 3.63) is 128 Å². The van der Waals surface area contributed by atoms with E-state index >= 15 is 0 Å². The number of fused-ring (bicyclic) bond motifs is 3. The van der Waals surface area contributed by atoms with Crippen molar-refractivity contribution in [1.82, 2.24) is 0 Å². The molecular weight excluding hydrogens is 472 g/mol. The van der Waals surface area contributed by atoms with Gasteiger partial charge in [-0.25, -0.2) is 0 Å². The fourth-order valence-electron chi connectivity index (χ4n) is 4.00. The van der Waals surface area contributed by atoms with Gasteiger partial charge in [-0.3, -0.25) is 0 Å². The zero-order valence-electron chi connectivity index (χ0n) is 15.0. The van der Waals surface area contributed by atoms with E-state index in [-0.39, 0.29) is 0 Å². The fourth-order valence-corrected chi connectivity index (χ4v) is 4.72. The van der Waals surface area contributed by atoms with E-state index in [9.17, 15) is 0 Å². The third-order valence-corrected chi connectivity index (χ3v) is 6.15. The number of halogens is 2. The predicted octanol–water partition coefficient (Wildman–Crippen LogP) is 8.20. The number of hydrogen-bond donors (Lipinski definition) is 0. The van der Waals surface area contributed by atoms with Crippen molar-refractivity contribution in [1.29, 1.82) is 0 Å². The molecule has 0 nitrogen and oxygen atoms in total. The monoisotopic (exact) mass is 486 g/mol. The Kier molecular flexibility index (Phi) is 4.54. The van der Waals surface area contributed by atoms with Crippen LogP contribution in [0.1, 0.15) is 22.3 Å². The summed E-state index contributed by atoms with van der Waals surface area (Å²) in [6.45, 7) is 0. The lowest BCUT2D eigenvalue weighted by atomic mass is 9.88. The van der Waals surface area contributed by atoms with E-state index in [4.69, 9.17) is 0 Å². The lowest BCUT2D eigenvalue weighted by molar-refractivity contribution is 1.53. The highest BCUT2D eigenvalue weighted by Crippen LogP contribution is 2.50. The Hall–Kier alpha value is -2.42. The minimum absolute atomic E-state index is 1.09. The molecule has 0 fully saturated rings. The van der Waals surface area contributed by atoms with E-state index in [0.717, 1.165) is 8.95 Å². The number of benzene rings is 4. The molecule has 0 heterocycles. The van der Waals surface area contributed by atoms with Crippen LogP contribution in [-0.4, -0.2) is 0 Å². The van der Waals surface area contributed by atoms with Crippen LogP contribution in [0.15, 0.2) is 106 Å². The minimum atomic E-state index is 1.09. The van der Waals surface area contributed by atoms with Crippen LogP contribution < -0.4 is 0 Å². The number of hydrogen-bond acceptors (Lipinski definition) is 0. The molecule has 0 N–H and O–H groups in total. The largest absolute Gasteiger partial charge is 0.0622 e. The van der Waals surface area contributed by atoms with Crippen LogP contribution in [0.4, 0.5) is 0 Å². The molecule has 0 saturated heterocycles. The molecule has 4 aromatic carbocycles. The first-order chi connectivity index (χ1) is 13.7. The molecule has 1 aliphatic carbocycles. The third kappa shape index (κ3) is 2.97. The summed E-state index contributed by atoms with van der Waals surface area (Å²) in [6.07, 6.45) is 0. The molecule has 28 heavy (non-hydrogen) atoms. The first-order valence-corrected chi connectivity index (χ1v) is 10.8. The molecule has 1 aliphatic rings. The van der Waals surface area contributed by atoms with Crippen molar-refractivity contribution in [3.63, 3.8) is 0 Å². The van der Waals surface area contributed by atoms with Crippen LogP contribution in [-0.2, 0) is 0 Å². The quantitative estimate of drug-likeness (QED) is 0.235. The second-order valence-electron chi connectivity index (χ2n) is 6.86. The highest BCUT2D eigenvalue weighted by molar-refractivity contribution is 9.10. The maximum Gasteiger partial charge on any atom is 0.0181 e. The Labute approximate surface area is 181 Å². The lowest BCUT2D eigenvalue weighted by Crippen LogP contribution is -1.94. The van der Waals surface area contributed by atoms with Gasteiger partial charge in [-0.2, -0.15) is 0 Å². The molecule has 0 amide bonds. The zero-order valence-corrected chi connectivity index (χ0v) is 18.2. The van der Waals surface area contributed by atoms with Crippen LogP contribution in [0.25, 0.3) is 22.3 Å². The topological polar surface area (TPSA) is 0 Å². The molecule has 134 valence electrons. The van der Waals surface area contributed by atoms with Crippen LogP contribution in [0.5, 0.6) is 0 Å². The van der Waals surface area contributed by atoms with E-state index in [1.54, 1.807) is 0 Å². The average Bonchev–Trinajstić information content (AvgIpc) is 3.02. The van der Waals surface area contributed by atoms with Gasteiger partial charge in [0.2, 0.25) is 0 Å². The predicted molar refractivity (Wildman–Crippen MR) is 125 cm³/mol. The van der Waals surface area contributed by atoms with Crippen molar-refractivity contribution >= 4 is 43.0 Å². The molecule has 0 radical (unpaired) electrons. The van der Waals surface area contributed by atoms with Crippen LogP contribution >= 0.6 is 31.9 Å². The average molecular weight is 488 g/mol. The summed E-state index contributed by atoms with van der Waals surface area (Å²) in [6, 6.07) is 34.5. The van der Waals surface area contributed by atoms with Crippen molar-refractivity contribution in [3.8, 4) is 11.1 Å². The Bertz CT molecular complexity index is 1110. The zero-order chi connectivity index (χ0) is 19.1. The normalized spacial score (nSPS) is 11.9. The fraction of sp³-hybridized carbons (Fsp3) is 0. The van der Waals surface area contributed by atoms with Crippen LogP contribution in [0, 0.1) is 0 Å². The van der Waals surface area contributed by atoms with Gasteiger partial charge in [0.15, 0.2) is 0 Å². The smallest absolute Gasteiger partial charge is 0.0181 e. The van der Waals surface area contributed by atoms with E-state index in [1.165, 1.54) is 44.5 Å². The highest BCUT2D eigenvalue weighted by Gasteiger charge is 2.27. The summed E-state index contributed by atoms with van der Waals surface area (Å²) in [7, 11) is 0. The van der Waals surface area contributed by atoms with Crippen LogP contribution in [0.3, 0.4) is 0 Å². The molecule has 2 heteroatoms. The summed E-state index contributed by atoms with van der Waals surface area (Å²) in [4.78, 5) is 0. The molecule has 5 rings (SSSR count). The summed E-state index contributed by atoms with van der Waals surface area (Å²) in [5, 5.41) is 0. The van der Waals surface area contributed by atoms with Crippen molar-refractivity contribution in [2.75, 3.05) is 0 Å².